The summed E-state index contributed by atoms with van der Waals surface area (Å²) in [6.45, 7) is 2.56. The van der Waals surface area contributed by atoms with E-state index < -0.39 is 0 Å². The minimum Gasteiger partial charge on any atom is -0.396 e. The zero-order valence-electron chi connectivity index (χ0n) is 15.9. The maximum absolute atomic E-state index is 13.2. The van der Waals surface area contributed by atoms with Crippen LogP contribution in [0.5, 0.6) is 0 Å². The Morgan fingerprint density at radius 1 is 1.28 bits per heavy atom. The molecule has 152 valence electrons. The summed E-state index contributed by atoms with van der Waals surface area (Å²) in [5.74, 6) is -0.315. The predicted molar refractivity (Wildman–Crippen MR) is 122 cm³/mol. The van der Waals surface area contributed by atoms with E-state index in [9.17, 15) is 9.90 Å². The van der Waals surface area contributed by atoms with E-state index in [2.05, 4.69) is 33.0 Å². The smallest absolute Gasteiger partial charge is 0.274 e. The van der Waals surface area contributed by atoms with E-state index in [0.29, 0.717) is 46.4 Å². The first-order valence-corrected chi connectivity index (χ1v) is 10.6. The number of halogens is 2. The molecule has 1 amide bonds. The molecule has 3 aromatic rings. The zero-order chi connectivity index (χ0) is 20.8. The normalized spacial score (nSPS) is 10.9. The molecular weight excluding hydrogens is 505 g/mol. The molecule has 6 nitrogen and oxygen atoms in total. The summed E-state index contributed by atoms with van der Waals surface area (Å²) in [5, 5.41) is 17.7. The number of rotatable bonds is 8. The van der Waals surface area contributed by atoms with E-state index in [1.807, 2.05) is 37.3 Å². The lowest BCUT2D eigenvalue weighted by molar-refractivity contribution is 0.101. The molecule has 0 aliphatic carbocycles. The topological polar surface area (TPSA) is 76.4 Å². The van der Waals surface area contributed by atoms with Gasteiger partial charge in [-0.1, -0.05) is 17.7 Å². The highest BCUT2D eigenvalue weighted by atomic mass is 127. The highest BCUT2D eigenvalue weighted by molar-refractivity contribution is 14.1. The van der Waals surface area contributed by atoms with Crippen molar-refractivity contribution in [2.45, 2.75) is 20.0 Å². The predicted octanol–water partition coefficient (Wildman–Crippen LogP) is 4.45. The molecule has 0 aliphatic heterocycles. The van der Waals surface area contributed by atoms with Gasteiger partial charge in [0.25, 0.3) is 5.91 Å². The van der Waals surface area contributed by atoms with Gasteiger partial charge in [0, 0.05) is 33.1 Å². The van der Waals surface area contributed by atoms with Crippen molar-refractivity contribution in [1.29, 1.82) is 0 Å². The molecule has 29 heavy (non-hydrogen) atoms. The first-order chi connectivity index (χ1) is 14.0. The number of carbonyl (C=O) groups is 1. The summed E-state index contributed by atoms with van der Waals surface area (Å²) in [4.78, 5) is 13.2. The SMILES string of the molecule is CCOCc1nn(-c2cccc(Cl)c2)c(C(=O)Nc2ccc(I)cc2)c1CCO. The van der Waals surface area contributed by atoms with E-state index in [0.717, 1.165) is 3.57 Å². The maximum Gasteiger partial charge on any atom is 0.274 e. The molecule has 0 saturated carbocycles. The van der Waals surface area contributed by atoms with Crippen molar-refractivity contribution >= 4 is 45.8 Å². The quantitative estimate of drug-likeness (QED) is 0.426. The minimum atomic E-state index is -0.315. The van der Waals surface area contributed by atoms with E-state index >= 15 is 0 Å². The van der Waals surface area contributed by atoms with Crippen molar-refractivity contribution in [2.75, 3.05) is 18.5 Å². The summed E-state index contributed by atoms with van der Waals surface area (Å²) in [6.07, 6.45) is 0.290. The molecule has 0 spiro atoms. The number of hydrogen-bond acceptors (Lipinski definition) is 4. The Kier molecular flexibility index (Phi) is 7.65. The van der Waals surface area contributed by atoms with Crippen LogP contribution in [0.4, 0.5) is 5.69 Å². The van der Waals surface area contributed by atoms with Gasteiger partial charge >= 0.3 is 0 Å². The van der Waals surface area contributed by atoms with Crippen LogP contribution in [0.25, 0.3) is 5.69 Å². The van der Waals surface area contributed by atoms with Crippen LogP contribution < -0.4 is 5.32 Å². The van der Waals surface area contributed by atoms with Crippen LogP contribution in [-0.2, 0) is 17.8 Å². The summed E-state index contributed by atoms with van der Waals surface area (Å²) in [6, 6.07) is 14.6. The fourth-order valence-corrected chi connectivity index (χ4v) is 3.48. The van der Waals surface area contributed by atoms with Gasteiger partial charge in [0.15, 0.2) is 0 Å². The first kappa shape index (κ1) is 21.8. The van der Waals surface area contributed by atoms with Crippen molar-refractivity contribution < 1.29 is 14.6 Å². The fourth-order valence-electron chi connectivity index (χ4n) is 2.94. The molecule has 0 atom stereocenters. The minimum absolute atomic E-state index is 0.107. The maximum atomic E-state index is 13.2. The Balaban J connectivity index is 2.08. The van der Waals surface area contributed by atoms with Crippen molar-refractivity contribution in [3.05, 3.63) is 74.1 Å². The molecule has 0 unspecified atom stereocenters. The number of benzene rings is 2. The van der Waals surface area contributed by atoms with Crippen LogP contribution in [0.2, 0.25) is 5.02 Å². The standard InChI is InChI=1S/C21H21ClIN3O3/c1-2-29-13-19-18(10-11-27)20(21(28)24-16-8-6-15(23)7-9-16)26(25-19)17-5-3-4-14(22)12-17/h3-9,12,27H,2,10-11,13H2,1H3,(H,24,28). The lowest BCUT2D eigenvalue weighted by atomic mass is 10.1. The third-order valence-corrected chi connectivity index (χ3v) is 5.20. The highest BCUT2D eigenvalue weighted by Gasteiger charge is 2.24. The van der Waals surface area contributed by atoms with Gasteiger partial charge in [-0.3, -0.25) is 4.79 Å². The molecular formula is C21H21ClIN3O3. The number of nitrogens with zero attached hydrogens (tertiary/aromatic N) is 2. The highest BCUT2D eigenvalue weighted by Crippen LogP contribution is 2.24. The lowest BCUT2D eigenvalue weighted by Crippen LogP contribution is -2.19. The second-order valence-corrected chi connectivity index (χ2v) is 7.92. The summed E-state index contributed by atoms with van der Waals surface area (Å²) in [7, 11) is 0. The first-order valence-electron chi connectivity index (χ1n) is 9.15. The molecule has 3 rings (SSSR count). The number of aliphatic hydroxyl groups is 1. The number of ether oxygens (including phenoxy) is 1. The average Bonchev–Trinajstić information content (AvgIpc) is 3.07. The fraction of sp³-hybridized carbons (Fsp3) is 0.238. The van der Waals surface area contributed by atoms with Crippen LogP contribution in [0, 0.1) is 3.57 Å². The van der Waals surface area contributed by atoms with Gasteiger partial charge in [-0.2, -0.15) is 5.10 Å². The summed E-state index contributed by atoms with van der Waals surface area (Å²) in [5.41, 5.74) is 2.97. The van der Waals surface area contributed by atoms with Gasteiger partial charge in [0.1, 0.15) is 5.69 Å². The molecule has 0 bridgehead atoms. The third-order valence-electron chi connectivity index (χ3n) is 4.24. The monoisotopic (exact) mass is 525 g/mol. The molecule has 0 aliphatic rings. The molecule has 2 aromatic carbocycles. The molecule has 8 heteroatoms. The Labute approximate surface area is 188 Å². The van der Waals surface area contributed by atoms with Crippen LogP contribution in [0.3, 0.4) is 0 Å². The molecule has 1 heterocycles. The van der Waals surface area contributed by atoms with Crippen molar-refractivity contribution in [3.8, 4) is 5.69 Å². The number of nitrogens with one attached hydrogen (secondary N) is 1. The Morgan fingerprint density at radius 2 is 2.03 bits per heavy atom. The number of hydrogen-bond donors (Lipinski definition) is 2. The molecule has 2 N–H and O–H groups in total. The number of aliphatic hydroxyl groups excluding tert-OH is 1. The second-order valence-electron chi connectivity index (χ2n) is 6.24. The average molecular weight is 526 g/mol. The van der Waals surface area contributed by atoms with Crippen molar-refractivity contribution in [2.24, 2.45) is 0 Å². The Bertz CT molecular complexity index is 989. The van der Waals surface area contributed by atoms with Gasteiger partial charge in [0.05, 0.1) is 18.0 Å². The Hall–Kier alpha value is -1.94. The Morgan fingerprint density at radius 3 is 2.69 bits per heavy atom. The molecule has 0 radical (unpaired) electrons. The zero-order valence-corrected chi connectivity index (χ0v) is 18.8. The van der Waals surface area contributed by atoms with Crippen molar-refractivity contribution in [1.82, 2.24) is 9.78 Å². The van der Waals surface area contributed by atoms with Gasteiger partial charge < -0.3 is 15.2 Å². The van der Waals surface area contributed by atoms with Gasteiger partial charge in [-0.15, -0.1) is 0 Å². The van der Waals surface area contributed by atoms with Gasteiger partial charge in [-0.25, -0.2) is 4.68 Å². The van der Waals surface area contributed by atoms with Crippen LogP contribution in [-0.4, -0.2) is 34.0 Å². The van der Waals surface area contributed by atoms with Crippen molar-refractivity contribution in [3.63, 3.8) is 0 Å². The molecule has 0 fully saturated rings. The van der Waals surface area contributed by atoms with E-state index in [4.69, 9.17) is 16.3 Å². The van der Waals surface area contributed by atoms with E-state index in [-0.39, 0.29) is 19.1 Å². The van der Waals surface area contributed by atoms with Crippen LogP contribution >= 0.6 is 34.2 Å². The third kappa shape index (κ3) is 5.36. The summed E-state index contributed by atoms with van der Waals surface area (Å²) >= 11 is 8.36. The van der Waals surface area contributed by atoms with E-state index in [1.54, 1.807) is 22.9 Å². The van der Waals surface area contributed by atoms with E-state index in [1.165, 1.54) is 0 Å². The largest absolute Gasteiger partial charge is 0.396 e. The molecule has 1 aromatic heterocycles. The second kappa shape index (κ2) is 10.2. The lowest BCUT2D eigenvalue weighted by Gasteiger charge is -2.11. The molecule has 0 saturated heterocycles. The van der Waals surface area contributed by atoms with Gasteiger partial charge in [0.2, 0.25) is 0 Å². The number of aromatic nitrogens is 2. The van der Waals surface area contributed by atoms with Gasteiger partial charge in [-0.05, 0) is 78.4 Å². The number of carbonyl (C=O) groups excluding carboxylic acids is 1. The van der Waals surface area contributed by atoms with Crippen LogP contribution in [0.15, 0.2) is 48.5 Å². The number of amides is 1. The van der Waals surface area contributed by atoms with Crippen LogP contribution in [0.1, 0.15) is 28.7 Å². The summed E-state index contributed by atoms with van der Waals surface area (Å²) < 4.78 is 8.17. The number of anilines is 1.